The number of aromatic nitrogens is 3. The third kappa shape index (κ3) is 1.74. The first-order chi connectivity index (χ1) is 7.18. The van der Waals surface area contributed by atoms with E-state index in [2.05, 4.69) is 15.1 Å². The molecule has 0 radical (unpaired) electrons. The molecular formula is C9H10N4O2. The second kappa shape index (κ2) is 3.56. The molecule has 0 bridgehead atoms. The molecule has 0 amide bonds. The summed E-state index contributed by atoms with van der Waals surface area (Å²) in [4.78, 5) is 9.72. The standard InChI is InChI=1S/C9H10N4O2/c1-13(2)9-11-8(15-12-9)7-6(14)4-3-5-10-7/h3-5,14H,1-2H3. The molecule has 0 atom stereocenters. The third-order valence-corrected chi connectivity index (χ3v) is 1.80. The molecule has 2 rings (SSSR count). The van der Waals surface area contributed by atoms with Gasteiger partial charge in [0.25, 0.3) is 11.8 Å². The quantitative estimate of drug-likeness (QED) is 0.786. The van der Waals surface area contributed by atoms with Gasteiger partial charge in [0.1, 0.15) is 5.75 Å². The van der Waals surface area contributed by atoms with E-state index >= 15 is 0 Å². The Kier molecular flexibility index (Phi) is 2.24. The van der Waals surface area contributed by atoms with Crippen LogP contribution in [0.4, 0.5) is 5.95 Å². The van der Waals surface area contributed by atoms with Crippen LogP contribution in [0.5, 0.6) is 5.75 Å². The largest absolute Gasteiger partial charge is 0.505 e. The molecule has 6 heteroatoms. The van der Waals surface area contributed by atoms with Gasteiger partial charge in [-0.1, -0.05) is 0 Å². The highest BCUT2D eigenvalue weighted by molar-refractivity contribution is 5.57. The average Bonchev–Trinajstić information content (AvgIpc) is 2.67. The van der Waals surface area contributed by atoms with Gasteiger partial charge in [-0.05, 0) is 17.3 Å². The summed E-state index contributed by atoms with van der Waals surface area (Å²) < 4.78 is 4.97. The van der Waals surface area contributed by atoms with E-state index in [1.165, 1.54) is 6.07 Å². The van der Waals surface area contributed by atoms with Crippen molar-refractivity contribution in [3.8, 4) is 17.3 Å². The van der Waals surface area contributed by atoms with Gasteiger partial charge in [0, 0.05) is 20.3 Å². The number of aromatic hydroxyl groups is 1. The van der Waals surface area contributed by atoms with Gasteiger partial charge in [-0.25, -0.2) is 4.98 Å². The van der Waals surface area contributed by atoms with Crippen molar-refractivity contribution < 1.29 is 9.63 Å². The van der Waals surface area contributed by atoms with Gasteiger partial charge in [-0.3, -0.25) is 0 Å². The van der Waals surface area contributed by atoms with E-state index in [4.69, 9.17) is 4.52 Å². The molecule has 2 heterocycles. The first kappa shape index (κ1) is 9.45. The van der Waals surface area contributed by atoms with E-state index in [1.54, 1.807) is 31.3 Å². The maximum atomic E-state index is 9.51. The Bertz CT molecular complexity index is 467. The Hall–Kier alpha value is -2.11. The van der Waals surface area contributed by atoms with Gasteiger partial charge < -0.3 is 14.5 Å². The molecule has 0 aliphatic heterocycles. The molecule has 0 aliphatic carbocycles. The summed E-state index contributed by atoms with van der Waals surface area (Å²) in [7, 11) is 3.60. The molecule has 0 unspecified atom stereocenters. The highest BCUT2D eigenvalue weighted by Gasteiger charge is 2.14. The van der Waals surface area contributed by atoms with Gasteiger partial charge in [0.05, 0.1) is 0 Å². The SMILES string of the molecule is CN(C)c1noc(-c2ncccc2O)n1. The van der Waals surface area contributed by atoms with Crippen molar-refractivity contribution in [1.82, 2.24) is 15.1 Å². The minimum atomic E-state index is 0.0199. The molecule has 2 aromatic heterocycles. The lowest BCUT2D eigenvalue weighted by atomic mass is 10.3. The number of pyridine rings is 1. The van der Waals surface area contributed by atoms with E-state index in [9.17, 15) is 5.11 Å². The fraction of sp³-hybridized carbons (Fsp3) is 0.222. The van der Waals surface area contributed by atoms with E-state index in [0.29, 0.717) is 5.95 Å². The van der Waals surface area contributed by atoms with Crippen LogP contribution in [-0.2, 0) is 0 Å². The van der Waals surface area contributed by atoms with Crippen LogP contribution in [0.3, 0.4) is 0 Å². The second-order valence-electron chi connectivity index (χ2n) is 3.17. The molecule has 15 heavy (non-hydrogen) atoms. The molecule has 0 saturated carbocycles. The van der Waals surface area contributed by atoms with Crippen molar-refractivity contribution in [2.75, 3.05) is 19.0 Å². The van der Waals surface area contributed by atoms with Crippen molar-refractivity contribution in [3.63, 3.8) is 0 Å². The Labute approximate surface area is 86.2 Å². The number of hydrogen-bond acceptors (Lipinski definition) is 6. The molecule has 0 fully saturated rings. The van der Waals surface area contributed by atoms with E-state index in [1.807, 2.05) is 0 Å². The number of rotatable bonds is 2. The Morgan fingerprint density at radius 2 is 2.20 bits per heavy atom. The molecule has 0 aliphatic rings. The van der Waals surface area contributed by atoms with E-state index in [-0.39, 0.29) is 17.3 Å². The summed E-state index contributed by atoms with van der Waals surface area (Å²) in [6.45, 7) is 0. The molecule has 78 valence electrons. The van der Waals surface area contributed by atoms with Crippen LogP contribution in [0, 0.1) is 0 Å². The van der Waals surface area contributed by atoms with Crippen molar-refractivity contribution in [1.29, 1.82) is 0 Å². The van der Waals surface area contributed by atoms with Crippen molar-refractivity contribution in [2.24, 2.45) is 0 Å². The van der Waals surface area contributed by atoms with Gasteiger partial charge in [0.2, 0.25) is 0 Å². The molecule has 0 spiro atoms. The van der Waals surface area contributed by atoms with Crippen LogP contribution in [0.15, 0.2) is 22.9 Å². The summed E-state index contributed by atoms with van der Waals surface area (Å²) >= 11 is 0. The first-order valence-electron chi connectivity index (χ1n) is 4.34. The Balaban J connectivity index is 2.42. The molecule has 2 aromatic rings. The summed E-state index contributed by atoms with van der Waals surface area (Å²) in [6, 6.07) is 3.14. The van der Waals surface area contributed by atoms with Crippen LogP contribution < -0.4 is 4.90 Å². The Morgan fingerprint density at radius 3 is 2.80 bits per heavy atom. The fourth-order valence-corrected chi connectivity index (χ4v) is 1.06. The Morgan fingerprint density at radius 1 is 1.40 bits per heavy atom. The molecule has 0 saturated heterocycles. The van der Waals surface area contributed by atoms with Crippen LogP contribution >= 0.6 is 0 Å². The smallest absolute Gasteiger partial charge is 0.281 e. The summed E-state index contributed by atoms with van der Waals surface area (Å²) in [5.41, 5.74) is 0.290. The van der Waals surface area contributed by atoms with Crippen LogP contribution in [0.1, 0.15) is 0 Å². The third-order valence-electron chi connectivity index (χ3n) is 1.80. The molecular weight excluding hydrogens is 196 g/mol. The maximum Gasteiger partial charge on any atom is 0.281 e. The summed E-state index contributed by atoms with van der Waals surface area (Å²) in [5.74, 6) is 0.665. The van der Waals surface area contributed by atoms with Crippen molar-refractivity contribution in [2.45, 2.75) is 0 Å². The van der Waals surface area contributed by atoms with Gasteiger partial charge in [0.15, 0.2) is 5.69 Å². The number of nitrogens with zero attached hydrogens (tertiary/aromatic N) is 4. The second-order valence-corrected chi connectivity index (χ2v) is 3.17. The monoisotopic (exact) mass is 206 g/mol. The summed E-state index contributed by atoms with van der Waals surface area (Å²) in [5, 5.41) is 13.2. The zero-order valence-corrected chi connectivity index (χ0v) is 8.38. The molecule has 6 nitrogen and oxygen atoms in total. The normalized spacial score (nSPS) is 10.3. The lowest BCUT2D eigenvalue weighted by Crippen LogP contribution is -2.10. The molecule has 1 N–H and O–H groups in total. The predicted molar refractivity (Wildman–Crippen MR) is 53.5 cm³/mol. The minimum absolute atomic E-state index is 0.0199. The predicted octanol–water partition coefficient (Wildman–Crippen LogP) is 0.903. The average molecular weight is 206 g/mol. The van der Waals surface area contributed by atoms with Gasteiger partial charge in [-0.15, -0.1) is 0 Å². The van der Waals surface area contributed by atoms with Gasteiger partial charge in [-0.2, -0.15) is 4.98 Å². The summed E-state index contributed by atoms with van der Waals surface area (Å²) in [6.07, 6.45) is 1.55. The topological polar surface area (TPSA) is 75.3 Å². The fourth-order valence-electron chi connectivity index (χ4n) is 1.06. The zero-order valence-electron chi connectivity index (χ0n) is 8.38. The lowest BCUT2D eigenvalue weighted by Gasteiger charge is -2.02. The molecule has 0 aromatic carbocycles. The zero-order chi connectivity index (χ0) is 10.8. The first-order valence-corrected chi connectivity index (χ1v) is 4.34. The van der Waals surface area contributed by atoms with Crippen LogP contribution in [-0.4, -0.2) is 34.3 Å². The number of hydrogen-bond donors (Lipinski definition) is 1. The minimum Gasteiger partial charge on any atom is -0.505 e. The lowest BCUT2D eigenvalue weighted by molar-refractivity contribution is 0.422. The van der Waals surface area contributed by atoms with Gasteiger partial charge >= 0.3 is 0 Å². The van der Waals surface area contributed by atoms with E-state index < -0.39 is 0 Å². The highest BCUT2D eigenvalue weighted by atomic mass is 16.5. The maximum absolute atomic E-state index is 9.51. The van der Waals surface area contributed by atoms with Crippen molar-refractivity contribution in [3.05, 3.63) is 18.3 Å². The highest BCUT2D eigenvalue weighted by Crippen LogP contribution is 2.25. The van der Waals surface area contributed by atoms with Crippen molar-refractivity contribution >= 4 is 5.95 Å². The van der Waals surface area contributed by atoms with Crippen LogP contribution in [0.25, 0.3) is 11.6 Å². The van der Waals surface area contributed by atoms with Crippen LogP contribution in [0.2, 0.25) is 0 Å². The number of anilines is 1. The van der Waals surface area contributed by atoms with E-state index in [0.717, 1.165) is 0 Å².